The number of amides is 1. The van der Waals surface area contributed by atoms with E-state index in [4.69, 9.17) is 10.2 Å². The van der Waals surface area contributed by atoms with Gasteiger partial charge in [0.2, 0.25) is 0 Å². The third kappa shape index (κ3) is 2.83. The predicted molar refractivity (Wildman–Crippen MR) is 57.4 cm³/mol. The number of H-pyrrole nitrogens is 1. The van der Waals surface area contributed by atoms with E-state index >= 15 is 0 Å². The van der Waals surface area contributed by atoms with E-state index in [1.165, 1.54) is 11.0 Å². The zero-order valence-corrected chi connectivity index (χ0v) is 8.93. The summed E-state index contributed by atoms with van der Waals surface area (Å²) in [6.45, 7) is 2.24. The second-order valence-corrected chi connectivity index (χ2v) is 3.23. The molecule has 3 N–H and O–H groups in total. The summed E-state index contributed by atoms with van der Waals surface area (Å²) in [5, 5.41) is 17.9. The Morgan fingerprint density at radius 1 is 1.50 bits per heavy atom. The van der Waals surface area contributed by atoms with Crippen molar-refractivity contribution < 1.29 is 15.0 Å². The van der Waals surface area contributed by atoms with Crippen molar-refractivity contribution in [3.8, 4) is 5.88 Å². The molecule has 0 radical (unpaired) electrons. The molecule has 1 heterocycles. The van der Waals surface area contributed by atoms with Crippen LogP contribution in [0.2, 0.25) is 0 Å². The highest BCUT2D eigenvalue weighted by Crippen LogP contribution is 2.07. The van der Waals surface area contributed by atoms with E-state index in [0.717, 1.165) is 6.07 Å². The number of aliphatic hydroxyl groups is 1. The Bertz CT molecular complexity index is 427. The van der Waals surface area contributed by atoms with E-state index in [-0.39, 0.29) is 24.6 Å². The van der Waals surface area contributed by atoms with Gasteiger partial charge in [-0.05, 0) is 6.92 Å². The largest absolute Gasteiger partial charge is 0.494 e. The molecule has 0 saturated heterocycles. The SMILES string of the molecule is CCN(CCO)C(=O)c1cc(O)[nH]c(=O)c1. The van der Waals surface area contributed by atoms with Crippen LogP contribution in [-0.4, -0.2) is 45.7 Å². The third-order valence-corrected chi connectivity index (χ3v) is 2.12. The number of carbonyl (C=O) groups is 1. The zero-order valence-electron chi connectivity index (χ0n) is 8.93. The third-order valence-electron chi connectivity index (χ3n) is 2.12. The first-order chi connectivity index (χ1) is 7.58. The smallest absolute Gasteiger partial charge is 0.254 e. The normalized spacial score (nSPS) is 10.1. The maximum Gasteiger partial charge on any atom is 0.254 e. The molecular formula is C10H14N2O4. The molecule has 0 aromatic carbocycles. The monoisotopic (exact) mass is 226 g/mol. The van der Waals surface area contributed by atoms with Crippen molar-refractivity contribution in [3.05, 3.63) is 28.0 Å². The Balaban J connectivity index is 2.98. The molecule has 0 aliphatic heterocycles. The zero-order chi connectivity index (χ0) is 12.1. The molecule has 1 amide bonds. The molecule has 0 spiro atoms. The van der Waals surface area contributed by atoms with Gasteiger partial charge in [-0.2, -0.15) is 0 Å². The summed E-state index contributed by atoms with van der Waals surface area (Å²) in [6.07, 6.45) is 0. The minimum Gasteiger partial charge on any atom is -0.494 e. The molecule has 1 aromatic rings. The number of hydrogen-bond donors (Lipinski definition) is 3. The van der Waals surface area contributed by atoms with Gasteiger partial charge in [-0.3, -0.25) is 14.6 Å². The van der Waals surface area contributed by atoms with Gasteiger partial charge >= 0.3 is 0 Å². The number of hydrogen-bond acceptors (Lipinski definition) is 4. The maximum atomic E-state index is 11.8. The van der Waals surface area contributed by atoms with Gasteiger partial charge < -0.3 is 15.1 Å². The molecule has 6 heteroatoms. The van der Waals surface area contributed by atoms with Crippen LogP contribution in [0.5, 0.6) is 5.88 Å². The van der Waals surface area contributed by atoms with Gasteiger partial charge in [-0.1, -0.05) is 0 Å². The number of rotatable bonds is 4. The lowest BCUT2D eigenvalue weighted by atomic mass is 10.2. The molecule has 88 valence electrons. The molecule has 6 nitrogen and oxygen atoms in total. The Morgan fingerprint density at radius 2 is 2.19 bits per heavy atom. The quantitative estimate of drug-likeness (QED) is 0.647. The molecule has 1 rings (SSSR count). The van der Waals surface area contributed by atoms with Gasteiger partial charge in [0.25, 0.3) is 11.5 Å². The minimum absolute atomic E-state index is 0.108. The van der Waals surface area contributed by atoms with E-state index in [2.05, 4.69) is 4.98 Å². The molecule has 0 fully saturated rings. The molecule has 0 saturated carbocycles. The highest BCUT2D eigenvalue weighted by molar-refractivity contribution is 5.94. The first kappa shape index (κ1) is 12.3. The predicted octanol–water partition coefficient (Wildman–Crippen LogP) is -0.465. The number of carbonyl (C=O) groups excluding carboxylic acids is 1. The summed E-state index contributed by atoms with van der Waals surface area (Å²) >= 11 is 0. The second-order valence-electron chi connectivity index (χ2n) is 3.23. The number of aliphatic hydroxyl groups excluding tert-OH is 1. The van der Waals surface area contributed by atoms with Crippen LogP contribution in [-0.2, 0) is 0 Å². The minimum atomic E-state index is -0.539. The van der Waals surface area contributed by atoms with Crippen LogP contribution >= 0.6 is 0 Å². The van der Waals surface area contributed by atoms with Crippen LogP contribution in [0.4, 0.5) is 0 Å². The Morgan fingerprint density at radius 3 is 2.69 bits per heavy atom. The standard InChI is InChI=1S/C10H14N2O4/c1-2-12(3-4-13)10(16)7-5-8(14)11-9(15)6-7/h5-6,13H,2-4H2,1H3,(H2,11,14,15). The number of aromatic nitrogens is 1. The van der Waals surface area contributed by atoms with Crippen LogP contribution in [0.15, 0.2) is 16.9 Å². The van der Waals surface area contributed by atoms with Gasteiger partial charge in [0.05, 0.1) is 12.2 Å². The topological polar surface area (TPSA) is 93.6 Å². The summed E-state index contributed by atoms with van der Waals surface area (Å²) in [4.78, 5) is 26.4. The fourth-order valence-corrected chi connectivity index (χ4v) is 1.36. The lowest BCUT2D eigenvalue weighted by Gasteiger charge is -2.19. The van der Waals surface area contributed by atoms with Crippen LogP contribution in [0.25, 0.3) is 0 Å². The highest BCUT2D eigenvalue weighted by atomic mass is 16.3. The first-order valence-corrected chi connectivity index (χ1v) is 4.92. The fraction of sp³-hybridized carbons (Fsp3) is 0.400. The Hall–Kier alpha value is -1.82. The number of aromatic hydroxyl groups is 1. The van der Waals surface area contributed by atoms with Gasteiger partial charge in [0.1, 0.15) is 0 Å². The lowest BCUT2D eigenvalue weighted by Crippen LogP contribution is -2.33. The van der Waals surface area contributed by atoms with E-state index in [0.29, 0.717) is 6.54 Å². The number of nitrogens with one attached hydrogen (secondary N) is 1. The van der Waals surface area contributed by atoms with Crippen molar-refractivity contribution in [2.24, 2.45) is 0 Å². The number of aromatic amines is 1. The fourth-order valence-electron chi connectivity index (χ4n) is 1.36. The molecule has 0 aliphatic carbocycles. The summed E-state index contributed by atoms with van der Waals surface area (Å²) in [5.41, 5.74) is -0.431. The Kier molecular flexibility index (Phi) is 4.07. The van der Waals surface area contributed by atoms with Gasteiger partial charge in [-0.25, -0.2) is 0 Å². The van der Waals surface area contributed by atoms with Crippen molar-refractivity contribution in [2.75, 3.05) is 19.7 Å². The summed E-state index contributed by atoms with van der Waals surface area (Å²) in [6, 6.07) is 2.30. The number of nitrogens with zero attached hydrogens (tertiary/aromatic N) is 1. The van der Waals surface area contributed by atoms with E-state index in [1.807, 2.05) is 0 Å². The summed E-state index contributed by atoms with van der Waals surface area (Å²) in [5.74, 6) is -0.742. The maximum absolute atomic E-state index is 11.8. The van der Waals surface area contributed by atoms with Crippen molar-refractivity contribution in [2.45, 2.75) is 6.92 Å². The Labute approximate surface area is 92.1 Å². The van der Waals surface area contributed by atoms with E-state index in [1.54, 1.807) is 6.92 Å². The average molecular weight is 226 g/mol. The molecule has 16 heavy (non-hydrogen) atoms. The van der Waals surface area contributed by atoms with Gasteiger partial charge in [0, 0.05) is 25.2 Å². The molecular weight excluding hydrogens is 212 g/mol. The van der Waals surface area contributed by atoms with Gasteiger partial charge in [-0.15, -0.1) is 0 Å². The first-order valence-electron chi connectivity index (χ1n) is 4.92. The summed E-state index contributed by atoms with van der Waals surface area (Å²) in [7, 11) is 0. The second kappa shape index (κ2) is 5.32. The van der Waals surface area contributed by atoms with Crippen molar-refractivity contribution in [1.29, 1.82) is 0 Å². The van der Waals surface area contributed by atoms with Gasteiger partial charge in [0.15, 0.2) is 5.88 Å². The van der Waals surface area contributed by atoms with Crippen LogP contribution in [0, 0.1) is 0 Å². The van der Waals surface area contributed by atoms with Crippen LogP contribution in [0.1, 0.15) is 17.3 Å². The average Bonchev–Trinajstić information content (AvgIpc) is 2.23. The lowest BCUT2D eigenvalue weighted by molar-refractivity contribution is 0.0731. The summed E-state index contributed by atoms with van der Waals surface area (Å²) < 4.78 is 0. The molecule has 0 atom stereocenters. The van der Waals surface area contributed by atoms with E-state index in [9.17, 15) is 9.59 Å². The molecule has 0 bridgehead atoms. The highest BCUT2D eigenvalue weighted by Gasteiger charge is 2.14. The molecule has 0 unspecified atom stereocenters. The molecule has 1 aromatic heterocycles. The van der Waals surface area contributed by atoms with Crippen LogP contribution < -0.4 is 5.56 Å². The molecule has 0 aliphatic rings. The number of pyridine rings is 1. The van der Waals surface area contributed by atoms with Crippen molar-refractivity contribution in [1.82, 2.24) is 9.88 Å². The van der Waals surface area contributed by atoms with Crippen molar-refractivity contribution in [3.63, 3.8) is 0 Å². The number of likely N-dealkylation sites (N-methyl/N-ethyl adjacent to an activating group) is 1. The van der Waals surface area contributed by atoms with Crippen molar-refractivity contribution >= 4 is 5.91 Å². The van der Waals surface area contributed by atoms with E-state index < -0.39 is 11.5 Å². The van der Waals surface area contributed by atoms with Crippen LogP contribution in [0.3, 0.4) is 0 Å².